The van der Waals surface area contributed by atoms with Gasteiger partial charge in [-0.05, 0) is 36.2 Å². The third kappa shape index (κ3) is 4.49. The molecule has 3 aromatic rings. The van der Waals surface area contributed by atoms with Gasteiger partial charge in [-0.25, -0.2) is 0 Å². The second kappa shape index (κ2) is 8.32. The Bertz CT molecular complexity index is 945. The number of thioether (sulfide) groups is 1. The van der Waals surface area contributed by atoms with E-state index in [1.807, 2.05) is 43.3 Å². The van der Waals surface area contributed by atoms with Gasteiger partial charge >= 0.3 is 0 Å². The van der Waals surface area contributed by atoms with Crippen LogP contribution in [0.3, 0.4) is 0 Å². The van der Waals surface area contributed by atoms with Crippen LogP contribution in [-0.4, -0.2) is 21.9 Å². The molecule has 0 aliphatic rings. The van der Waals surface area contributed by atoms with Crippen molar-refractivity contribution in [3.05, 3.63) is 59.7 Å². The van der Waals surface area contributed by atoms with Gasteiger partial charge in [0, 0.05) is 11.3 Å². The van der Waals surface area contributed by atoms with Gasteiger partial charge in [-0.1, -0.05) is 42.1 Å². The number of rotatable bonds is 6. The predicted molar refractivity (Wildman–Crippen MR) is 99.6 cm³/mol. The third-order valence-electron chi connectivity index (χ3n) is 3.63. The number of hydrogen-bond donors (Lipinski definition) is 1. The molecule has 0 radical (unpaired) electrons. The van der Waals surface area contributed by atoms with Crippen LogP contribution in [-0.2, 0) is 11.2 Å². The molecule has 1 heterocycles. The first-order chi connectivity index (χ1) is 12.7. The van der Waals surface area contributed by atoms with Crippen molar-refractivity contribution in [1.29, 1.82) is 5.26 Å². The molecular weight excluding hydrogens is 348 g/mol. The van der Waals surface area contributed by atoms with Crippen LogP contribution in [0.15, 0.2) is 58.2 Å². The molecule has 0 fully saturated rings. The van der Waals surface area contributed by atoms with Gasteiger partial charge in [-0.2, -0.15) is 5.26 Å². The molecule has 1 aromatic heterocycles. The summed E-state index contributed by atoms with van der Waals surface area (Å²) >= 11 is 1.19. The SMILES string of the molecule is Cc1ccccc1-c1nnc(SCC(=O)Nc2ccc(CC#N)cc2)o1. The minimum atomic E-state index is -0.168. The van der Waals surface area contributed by atoms with Crippen molar-refractivity contribution < 1.29 is 9.21 Å². The molecule has 0 saturated heterocycles. The van der Waals surface area contributed by atoms with Crippen LogP contribution < -0.4 is 5.32 Å². The molecule has 6 nitrogen and oxygen atoms in total. The number of hydrogen-bond acceptors (Lipinski definition) is 6. The van der Waals surface area contributed by atoms with Crippen LogP contribution in [0, 0.1) is 18.3 Å². The van der Waals surface area contributed by atoms with Crippen molar-refractivity contribution in [2.75, 3.05) is 11.1 Å². The molecule has 0 aliphatic carbocycles. The van der Waals surface area contributed by atoms with E-state index in [4.69, 9.17) is 9.68 Å². The lowest BCUT2D eigenvalue weighted by Crippen LogP contribution is -2.13. The zero-order valence-electron chi connectivity index (χ0n) is 14.1. The van der Waals surface area contributed by atoms with E-state index in [9.17, 15) is 4.79 Å². The second-order valence-corrected chi connectivity index (χ2v) is 6.48. The molecule has 2 aromatic carbocycles. The Morgan fingerprint density at radius 3 is 2.69 bits per heavy atom. The van der Waals surface area contributed by atoms with Crippen LogP contribution in [0.2, 0.25) is 0 Å². The summed E-state index contributed by atoms with van der Waals surface area (Å²) in [6.45, 7) is 1.97. The van der Waals surface area contributed by atoms with E-state index in [-0.39, 0.29) is 11.7 Å². The Morgan fingerprint density at radius 1 is 1.19 bits per heavy atom. The lowest BCUT2D eigenvalue weighted by Gasteiger charge is -2.04. The smallest absolute Gasteiger partial charge is 0.277 e. The highest BCUT2D eigenvalue weighted by molar-refractivity contribution is 7.99. The predicted octanol–water partition coefficient (Wildman–Crippen LogP) is 3.84. The number of aromatic nitrogens is 2. The molecule has 1 N–H and O–H groups in total. The van der Waals surface area contributed by atoms with Crippen LogP contribution in [0.1, 0.15) is 11.1 Å². The summed E-state index contributed by atoms with van der Waals surface area (Å²) in [5.74, 6) is 0.438. The number of nitriles is 1. The normalized spacial score (nSPS) is 10.3. The van der Waals surface area contributed by atoms with Crippen LogP contribution in [0.5, 0.6) is 0 Å². The highest BCUT2D eigenvalue weighted by Gasteiger charge is 2.12. The van der Waals surface area contributed by atoms with E-state index < -0.39 is 0 Å². The lowest BCUT2D eigenvalue weighted by atomic mass is 10.1. The van der Waals surface area contributed by atoms with Crippen molar-refractivity contribution in [1.82, 2.24) is 10.2 Å². The summed E-state index contributed by atoms with van der Waals surface area (Å²) in [4.78, 5) is 12.1. The zero-order chi connectivity index (χ0) is 18.4. The van der Waals surface area contributed by atoms with Crippen molar-refractivity contribution >= 4 is 23.4 Å². The van der Waals surface area contributed by atoms with Crippen LogP contribution in [0.25, 0.3) is 11.5 Å². The van der Waals surface area contributed by atoms with Gasteiger partial charge in [-0.3, -0.25) is 4.79 Å². The summed E-state index contributed by atoms with van der Waals surface area (Å²) in [6.07, 6.45) is 0.352. The van der Waals surface area contributed by atoms with Crippen molar-refractivity contribution in [2.24, 2.45) is 0 Å². The number of nitrogens with one attached hydrogen (secondary N) is 1. The summed E-state index contributed by atoms with van der Waals surface area (Å²) in [5.41, 5.74) is 3.52. The van der Waals surface area contributed by atoms with Gasteiger partial charge in [0.15, 0.2) is 0 Å². The van der Waals surface area contributed by atoms with E-state index in [2.05, 4.69) is 21.6 Å². The molecule has 7 heteroatoms. The van der Waals surface area contributed by atoms with Gasteiger partial charge in [0.1, 0.15) is 0 Å². The third-order valence-corrected chi connectivity index (χ3v) is 4.45. The maximum Gasteiger partial charge on any atom is 0.277 e. The van der Waals surface area contributed by atoms with Gasteiger partial charge in [0.05, 0.1) is 18.2 Å². The number of benzene rings is 2. The van der Waals surface area contributed by atoms with Crippen molar-refractivity contribution in [3.8, 4) is 17.5 Å². The fourth-order valence-electron chi connectivity index (χ4n) is 2.31. The van der Waals surface area contributed by atoms with Crippen molar-refractivity contribution in [2.45, 2.75) is 18.6 Å². The van der Waals surface area contributed by atoms with Crippen LogP contribution >= 0.6 is 11.8 Å². The Hall–Kier alpha value is -3.11. The molecule has 26 heavy (non-hydrogen) atoms. The molecule has 0 spiro atoms. The standard InChI is InChI=1S/C19H16N4O2S/c1-13-4-2-3-5-16(13)18-22-23-19(25-18)26-12-17(24)21-15-8-6-14(7-9-15)10-11-20/h2-9H,10,12H2,1H3,(H,21,24). The molecular formula is C19H16N4O2S. The summed E-state index contributed by atoms with van der Waals surface area (Å²) < 4.78 is 5.62. The van der Waals surface area contributed by atoms with Crippen LogP contribution in [0.4, 0.5) is 5.69 Å². The zero-order valence-corrected chi connectivity index (χ0v) is 14.9. The fraction of sp³-hybridized carbons (Fsp3) is 0.158. The minimum absolute atomic E-state index is 0.162. The van der Waals surface area contributed by atoms with Crippen molar-refractivity contribution in [3.63, 3.8) is 0 Å². The number of anilines is 1. The first-order valence-electron chi connectivity index (χ1n) is 7.94. The molecule has 0 bridgehead atoms. The highest BCUT2D eigenvalue weighted by atomic mass is 32.2. The average molecular weight is 364 g/mol. The molecule has 0 atom stereocenters. The van der Waals surface area contributed by atoms with E-state index in [0.717, 1.165) is 16.7 Å². The fourth-order valence-corrected chi connectivity index (χ4v) is 2.87. The molecule has 0 saturated carbocycles. The maximum absolute atomic E-state index is 12.1. The lowest BCUT2D eigenvalue weighted by molar-refractivity contribution is -0.113. The molecule has 0 aliphatic heterocycles. The first-order valence-corrected chi connectivity index (χ1v) is 8.92. The highest BCUT2D eigenvalue weighted by Crippen LogP contribution is 2.25. The largest absolute Gasteiger partial charge is 0.411 e. The number of nitrogens with zero attached hydrogens (tertiary/aromatic N) is 3. The van der Waals surface area contributed by atoms with Gasteiger partial charge in [-0.15, -0.1) is 10.2 Å². The Balaban J connectivity index is 1.55. The quantitative estimate of drug-likeness (QED) is 0.668. The summed E-state index contributed by atoms with van der Waals surface area (Å²) in [5, 5.41) is 19.8. The van der Waals surface area contributed by atoms with E-state index in [0.29, 0.717) is 23.2 Å². The summed E-state index contributed by atoms with van der Waals surface area (Å²) in [7, 11) is 0. The molecule has 3 rings (SSSR count). The van der Waals surface area contributed by atoms with Gasteiger partial charge in [0.25, 0.3) is 5.22 Å². The average Bonchev–Trinajstić information content (AvgIpc) is 3.11. The second-order valence-electron chi connectivity index (χ2n) is 5.56. The molecule has 130 valence electrons. The summed E-state index contributed by atoms with van der Waals surface area (Å²) in [6, 6.07) is 17.0. The number of aryl methyl sites for hydroxylation is 1. The Kier molecular flexibility index (Phi) is 5.66. The molecule has 0 unspecified atom stereocenters. The van der Waals surface area contributed by atoms with E-state index in [1.54, 1.807) is 12.1 Å². The molecule has 1 amide bonds. The van der Waals surface area contributed by atoms with E-state index in [1.165, 1.54) is 11.8 Å². The van der Waals surface area contributed by atoms with E-state index >= 15 is 0 Å². The first kappa shape index (κ1) is 17.7. The minimum Gasteiger partial charge on any atom is -0.411 e. The number of amides is 1. The topological polar surface area (TPSA) is 91.8 Å². The van der Waals surface area contributed by atoms with Gasteiger partial charge < -0.3 is 9.73 Å². The van der Waals surface area contributed by atoms with Gasteiger partial charge in [0.2, 0.25) is 11.8 Å². The number of carbonyl (C=O) groups excluding carboxylic acids is 1. The number of carbonyl (C=O) groups is 1. The Labute approximate surface area is 155 Å². The monoisotopic (exact) mass is 364 g/mol. The Morgan fingerprint density at radius 2 is 1.96 bits per heavy atom. The maximum atomic E-state index is 12.1.